The Hall–Kier alpha value is -0.300. The van der Waals surface area contributed by atoms with E-state index >= 15 is 0 Å². The summed E-state index contributed by atoms with van der Waals surface area (Å²) in [5.74, 6) is -3.16. The molecule has 0 saturated heterocycles. The molecule has 3 aromatic carbocycles. The summed E-state index contributed by atoms with van der Waals surface area (Å²) < 4.78 is 18.7. The van der Waals surface area contributed by atoms with Crippen molar-refractivity contribution in [2.45, 2.75) is 0 Å². The molecule has 0 unspecified atom stereocenters. The van der Waals surface area contributed by atoms with Crippen molar-refractivity contribution in [2.75, 3.05) is 7.05 Å². The van der Waals surface area contributed by atoms with Crippen LogP contribution in [0.3, 0.4) is 0 Å². The van der Waals surface area contributed by atoms with Gasteiger partial charge in [0.1, 0.15) is 0 Å². The molecule has 1 N–H and O–H groups in total. The number of nitrogens with one attached hydrogen (secondary N) is 1. The van der Waals surface area contributed by atoms with Gasteiger partial charge in [-0.05, 0) is 52.0 Å². The summed E-state index contributed by atoms with van der Waals surface area (Å²) in [6.45, 7) is -6.24. The van der Waals surface area contributed by atoms with Gasteiger partial charge >= 0.3 is 0 Å². The number of hydrogen-bond donors (Lipinski definition) is 1. The summed E-state index contributed by atoms with van der Waals surface area (Å²) >= 11 is 26.7. The van der Waals surface area contributed by atoms with Gasteiger partial charge in [-0.1, -0.05) is 91.0 Å². The zero-order valence-corrected chi connectivity index (χ0v) is 23.4. The molecule has 0 aromatic heterocycles. The Morgan fingerprint density at radius 3 is 1.44 bits per heavy atom. The van der Waals surface area contributed by atoms with E-state index < -0.39 is 26.4 Å². The SMILES string of the molecule is CN[P@@]1(Cl)=N[P@@](Cl)(N=P(c2ccccc2)(c2ccccc2)c2ccccc2)=NP(Cl)(Cl)=N1. The van der Waals surface area contributed by atoms with E-state index in [0.717, 1.165) is 15.9 Å². The van der Waals surface area contributed by atoms with Gasteiger partial charge in [-0.3, -0.25) is 5.09 Å². The first-order valence-corrected chi connectivity index (χ1v) is 19.8. The van der Waals surface area contributed by atoms with E-state index in [2.05, 4.69) is 55.0 Å². The second kappa shape index (κ2) is 9.75. The highest BCUT2D eigenvalue weighted by Crippen LogP contribution is 2.85. The summed E-state index contributed by atoms with van der Waals surface area (Å²) in [6, 6.07) is 30.2. The topological polar surface area (TPSA) is 61.5 Å². The first kappa shape index (κ1) is 24.8. The van der Waals surface area contributed by atoms with Crippen molar-refractivity contribution in [3.63, 3.8) is 0 Å². The van der Waals surface area contributed by atoms with Crippen molar-refractivity contribution in [1.29, 1.82) is 0 Å². The molecule has 0 saturated carbocycles. The Bertz CT molecular complexity index is 1240. The summed E-state index contributed by atoms with van der Waals surface area (Å²) in [5.41, 5.74) is 0. The van der Waals surface area contributed by atoms with Crippen molar-refractivity contribution in [3.8, 4) is 0 Å². The largest absolute Gasteiger partial charge is 0.282 e. The number of nitrogens with zero attached hydrogens (tertiary/aromatic N) is 4. The molecule has 5 nitrogen and oxygen atoms in total. The van der Waals surface area contributed by atoms with Crippen LogP contribution < -0.4 is 21.0 Å². The number of hydrogen-bond acceptors (Lipinski definition) is 5. The van der Waals surface area contributed by atoms with Gasteiger partial charge in [-0.2, -0.15) is 13.5 Å². The van der Waals surface area contributed by atoms with Gasteiger partial charge in [0.25, 0.3) is 12.6 Å². The molecule has 168 valence electrons. The van der Waals surface area contributed by atoms with Crippen LogP contribution in [0.4, 0.5) is 0 Å². The minimum absolute atomic E-state index is 1.02. The predicted octanol–water partition coefficient (Wildman–Crippen LogP) is 9.19. The van der Waals surface area contributed by atoms with Crippen molar-refractivity contribution >= 4 is 87.3 Å². The van der Waals surface area contributed by atoms with E-state index in [0.29, 0.717) is 0 Å². The predicted molar refractivity (Wildman–Crippen MR) is 148 cm³/mol. The monoisotopic (exact) mass is 581 g/mol. The average Bonchev–Trinajstić information content (AvgIpc) is 2.78. The van der Waals surface area contributed by atoms with E-state index in [1.54, 1.807) is 7.05 Å². The van der Waals surface area contributed by atoms with E-state index in [1.165, 1.54) is 0 Å². The third kappa shape index (κ3) is 5.18. The first-order valence-electron chi connectivity index (χ1n) is 9.40. The maximum Gasteiger partial charge on any atom is 0.282 e. The molecule has 1 aliphatic rings. The zero-order valence-electron chi connectivity index (χ0n) is 16.7. The summed E-state index contributed by atoms with van der Waals surface area (Å²) in [4.78, 5) is 0. The third-order valence-corrected chi connectivity index (χ3v) is 21.7. The molecule has 0 fully saturated rings. The van der Waals surface area contributed by atoms with Gasteiger partial charge < -0.3 is 0 Å². The fraction of sp³-hybridized carbons (Fsp3) is 0.0526. The van der Waals surface area contributed by atoms with Gasteiger partial charge in [-0.15, -0.1) is 0 Å². The average molecular weight is 583 g/mol. The Balaban J connectivity index is 2.21. The Morgan fingerprint density at radius 1 is 0.656 bits per heavy atom. The minimum Gasteiger partial charge on any atom is -0.256 e. The fourth-order valence-corrected chi connectivity index (χ4v) is 24.5. The maximum absolute atomic E-state index is 7.10. The highest BCUT2D eigenvalue weighted by Gasteiger charge is 2.37. The Kier molecular flexibility index (Phi) is 7.56. The van der Waals surface area contributed by atoms with Crippen molar-refractivity contribution in [2.24, 2.45) is 18.1 Å². The van der Waals surface area contributed by atoms with Crippen LogP contribution in [0.5, 0.6) is 0 Å². The summed E-state index contributed by atoms with van der Waals surface area (Å²) in [7, 11) is -1.01. The van der Waals surface area contributed by atoms with Crippen LogP contribution >= 0.6 is 71.3 Å². The van der Waals surface area contributed by atoms with Crippen molar-refractivity contribution < 1.29 is 0 Å². The van der Waals surface area contributed by atoms with Gasteiger partial charge in [0.2, 0.25) is 6.71 Å². The highest BCUT2D eigenvalue weighted by atomic mass is 35.9. The van der Waals surface area contributed by atoms with Crippen LogP contribution in [0.1, 0.15) is 0 Å². The van der Waals surface area contributed by atoms with Crippen LogP contribution in [0.15, 0.2) is 109 Å². The van der Waals surface area contributed by atoms with Crippen LogP contribution in [0.2, 0.25) is 0 Å². The number of benzene rings is 3. The van der Waals surface area contributed by atoms with Crippen molar-refractivity contribution in [1.82, 2.24) is 5.09 Å². The number of halogens is 4. The molecular formula is C19H19Cl4N5P4. The van der Waals surface area contributed by atoms with Gasteiger partial charge in [-0.25, -0.2) is 4.52 Å². The van der Waals surface area contributed by atoms with Gasteiger partial charge in [0.15, 0.2) is 0 Å². The lowest BCUT2D eigenvalue weighted by atomic mass is 10.4. The molecule has 4 rings (SSSR count). The van der Waals surface area contributed by atoms with E-state index in [4.69, 9.17) is 49.5 Å². The van der Waals surface area contributed by atoms with Gasteiger partial charge in [0, 0.05) is 15.9 Å². The molecule has 0 amide bonds. The summed E-state index contributed by atoms with van der Waals surface area (Å²) in [6.07, 6.45) is 0. The molecule has 0 aliphatic carbocycles. The fourth-order valence-electron chi connectivity index (χ4n) is 3.31. The van der Waals surface area contributed by atoms with E-state index in [9.17, 15) is 0 Å². The molecule has 0 radical (unpaired) electrons. The quantitative estimate of drug-likeness (QED) is 0.299. The molecule has 1 aliphatic heterocycles. The zero-order chi connectivity index (χ0) is 22.9. The molecule has 0 bridgehead atoms. The van der Waals surface area contributed by atoms with Crippen LogP contribution in [0, 0.1) is 0 Å². The number of rotatable bonds is 5. The van der Waals surface area contributed by atoms with Gasteiger partial charge in [0.05, 0.1) is 7.05 Å². The molecular weight excluding hydrogens is 564 g/mol. The third-order valence-electron chi connectivity index (χ3n) is 4.60. The molecule has 1 heterocycles. The lowest BCUT2D eigenvalue weighted by Crippen LogP contribution is -2.25. The second-order valence-corrected chi connectivity index (χ2v) is 21.9. The first-order chi connectivity index (χ1) is 15.2. The van der Waals surface area contributed by atoms with Crippen LogP contribution in [-0.2, 0) is 0 Å². The lowest BCUT2D eigenvalue weighted by molar-refractivity contribution is 1.25. The molecule has 13 heteroatoms. The van der Waals surface area contributed by atoms with Crippen LogP contribution in [0.25, 0.3) is 0 Å². The standard InChI is InChI=1S/C19H19Cl4N5P4/c1-24-31(22)26-30(20,21)27-32(23,28-31)25-29(17-11-5-2-6-12-17,18-13-7-3-8-14-18)19-15-9-4-10-16-19/h2-16,24H,1H3/t31-,32+/m1/s1. The smallest absolute Gasteiger partial charge is 0.256 e. The molecule has 2 atom stereocenters. The normalized spacial score (nSPS) is 24.5. The highest BCUT2D eigenvalue weighted by molar-refractivity contribution is 8.18. The summed E-state index contributed by atoms with van der Waals surface area (Å²) in [5, 5.41) is 5.98. The second-order valence-electron chi connectivity index (χ2n) is 6.70. The Morgan fingerprint density at radius 2 is 1.06 bits per heavy atom. The van der Waals surface area contributed by atoms with Crippen LogP contribution in [-0.4, -0.2) is 7.05 Å². The Labute approximate surface area is 207 Å². The maximum atomic E-state index is 7.10. The molecule has 0 spiro atoms. The van der Waals surface area contributed by atoms with E-state index in [-0.39, 0.29) is 0 Å². The molecule has 3 aromatic rings. The molecule has 32 heavy (non-hydrogen) atoms. The van der Waals surface area contributed by atoms with Crippen molar-refractivity contribution in [3.05, 3.63) is 91.0 Å². The minimum atomic E-state index is -3.30. The lowest BCUT2D eigenvalue weighted by Gasteiger charge is -2.30. The van der Waals surface area contributed by atoms with E-state index in [1.807, 2.05) is 54.6 Å².